The van der Waals surface area contributed by atoms with E-state index in [1.54, 1.807) is 0 Å². The molecule has 1 unspecified atom stereocenters. The van der Waals surface area contributed by atoms with Gasteiger partial charge in [-0.25, -0.2) is 0 Å². The van der Waals surface area contributed by atoms with Crippen molar-refractivity contribution in [1.82, 2.24) is 5.32 Å². The molecule has 0 aromatic carbocycles. The number of nitriles is 1. The number of nitrogens with one attached hydrogen (secondary N) is 1. The van der Waals surface area contributed by atoms with Crippen molar-refractivity contribution in [1.29, 1.82) is 5.26 Å². The lowest BCUT2D eigenvalue weighted by molar-refractivity contribution is 0.0787. The molecule has 0 aromatic heterocycles. The molecule has 1 aliphatic heterocycles. The first-order chi connectivity index (χ1) is 7.85. The van der Waals surface area contributed by atoms with Gasteiger partial charge in [0.25, 0.3) is 0 Å². The summed E-state index contributed by atoms with van der Waals surface area (Å²) < 4.78 is 5.74. The molecule has 0 bridgehead atoms. The van der Waals surface area contributed by atoms with Crippen molar-refractivity contribution < 1.29 is 4.74 Å². The molecule has 1 saturated carbocycles. The summed E-state index contributed by atoms with van der Waals surface area (Å²) in [6.45, 7) is 4.02. The smallest absolute Gasteiger partial charge is 0.0628 e. The Morgan fingerprint density at radius 3 is 2.94 bits per heavy atom. The van der Waals surface area contributed by atoms with Crippen LogP contribution in [0.25, 0.3) is 0 Å². The summed E-state index contributed by atoms with van der Waals surface area (Å²) in [5, 5.41) is 12.1. The molecule has 0 aromatic rings. The van der Waals surface area contributed by atoms with Gasteiger partial charge in [0.15, 0.2) is 0 Å². The zero-order valence-corrected chi connectivity index (χ0v) is 10.0. The minimum atomic E-state index is 0.250. The maximum Gasteiger partial charge on any atom is 0.0628 e. The van der Waals surface area contributed by atoms with Gasteiger partial charge in [-0.2, -0.15) is 5.26 Å². The number of rotatable bonds is 6. The second kappa shape index (κ2) is 5.65. The van der Waals surface area contributed by atoms with Crippen LogP contribution < -0.4 is 5.32 Å². The first-order valence-electron chi connectivity index (χ1n) is 6.50. The van der Waals surface area contributed by atoms with Gasteiger partial charge in [0.1, 0.15) is 0 Å². The van der Waals surface area contributed by atoms with E-state index < -0.39 is 0 Å². The lowest BCUT2D eigenvalue weighted by Gasteiger charge is -2.22. The molecule has 1 heterocycles. The van der Waals surface area contributed by atoms with Gasteiger partial charge in [-0.05, 0) is 51.1 Å². The van der Waals surface area contributed by atoms with E-state index >= 15 is 0 Å². The molecule has 0 radical (unpaired) electrons. The Bertz CT molecular complexity index is 249. The molecular weight excluding hydrogens is 200 g/mol. The van der Waals surface area contributed by atoms with Crippen molar-refractivity contribution in [2.45, 2.75) is 38.5 Å². The third kappa shape index (κ3) is 3.47. The third-order valence-electron chi connectivity index (χ3n) is 3.89. The van der Waals surface area contributed by atoms with Gasteiger partial charge in [-0.1, -0.05) is 0 Å². The predicted octanol–water partition coefficient (Wildman–Crippen LogP) is 2.09. The number of hydrogen-bond donors (Lipinski definition) is 1. The van der Waals surface area contributed by atoms with Crippen molar-refractivity contribution in [2.24, 2.45) is 11.3 Å². The summed E-state index contributed by atoms with van der Waals surface area (Å²) in [6, 6.07) is 2.27. The Hall–Kier alpha value is -0.590. The van der Waals surface area contributed by atoms with E-state index in [-0.39, 0.29) is 5.41 Å². The molecule has 1 N–H and O–H groups in total. The zero-order chi connectivity index (χ0) is 11.3. The minimum Gasteiger partial charge on any atom is -0.381 e. The molecule has 1 atom stereocenters. The molecule has 0 spiro atoms. The van der Waals surface area contributed by atoms with Crippen molar-refractivity contribution >= 4 is 0 Å². The lowest BCUT2D eigenvalue weighted by Crippen LogP contribution is -2.30. The fourth-order valence-corrected chi connectivity index (χ4v) is 2.43. The van der Waals surface area contributed by atoms with Gasteiger partial charge in [0.05, 0.1) is 12.7 Å². The summed E-state index contributed by atoms with van der Waals surface area (Å²) >= 11 is 0. The van der Waals surface area contributed by atoms with Crippen LogP contribution in [0.5, 0.6) is 0 Å². The van der Waals surface area contributed by atoms with Gasteiger partial charge in [0.2, 0.25) is 0 Å². The van der Waals surface area contributed by atoms with Crippen LogP contribution in [0.3, 0.4) is 0 Å². The standard InChI is InChI=1S/C13H22N2O/c14-7-6-13(4-5-13)11-16-9-3-12-2-1-8-15-10-12/h12,15H,1-6,8-11H2. The fourth-order valence-electron chi connectivity index (χ4n) is 2.43. The lowest BCUT2D eigenvalue weighted by atomic mass is 9.97. The highest BCUT2D eigenvalue weighted by molar-refractivity contribution is 4.99. The molecule has 3 nitrogen and oxygen atoms in total. The highest BCUT2D eigenvalue weighted by Gasteiger charge is 2.42. The Labute approximate surface area is 98.2 Å². The topological polar surface area (TPSA) is 45.0 Å². The Morgan fingerprint density at radius 2 is 2.31 bits per heavy atom. The molecule has 1 saturated heterocycles. The SMILES string of the molecule is N#CCC1(COCCC2CCCNC2)CC1. The normalized spacial score (nSPS) is 27.3. The molecule has 0 amide bonds. The highest BCUT2D eigenvalue weighted by atomic mass is 16.5. The van der Waals surface area contributed by atoms with Crippen molar-refractivity contribution in [2.75, 3.05) is 26.3 Å². The average molecular weight is 222 g/mol. The van der Waals surface area contributed by atoms with Gasteiger partial charge in [0, 0.05) is 18.4 Å². The van der Waals surface area contributed by atoms with E-state index in [2.05, 4.69) is 11.4 Å². The van der Waals surface area contributed by atoms with Crippen LogP contribution in [0.2, 0.25) is 0 Å². The molecule has 90 valence electrons. The predicted molar refractivity (Wildman–Crippen MR) is 62.9 cm³/mol. The van der Waals surface area contributed by atoms with Crippen LogP contribution in [-0.2, 0) is 4.74 Å². The second-order valence-electron chi connectivity index (χ2n) is 5.39. The summed E-state index contributed by atoms with van der Waals surface area (Å²) in [4.78, 5) is 0. The number of hydrogen-bond acceptors (Lipinski definition) is 3. The van der Waals surface area contributed by atoms with E-state index in [9.17, 15) is 0 Å². The van der Waals surface area contributed by atoms with Crippen LogP contribution in [0.4, 0.5) is 0 Å². The first kappa shape index (κ1) is 11.9. The van der Waals surface area contributed by atoms with E-state index in [0.717, 1.165) is 25.7 Å². The molecule has 2 rings (SSSR count). The van der Waals surface area contributed by atoms with Crippen LogP contribution in [0, 0.1) is 22.7 Å². The summed E-state index contributed by atoms with van der Waals surface area (Å²) in [5.74, 6) is 0.805. The summed E-state index contributed by atoms with van der Waals surface area (Å²) in [7, 11) is 0. The minimum absolute atomic E-state index is 0.250. The molecule has 3 heteroatoms. The van der Waals surface area contributed by atoms with Gasteiger partial charge in [-0.15, -0.1) is 0 Å². The summed E-state index contributed by atoms with van der Waals surface area (Å²) in [5.41, 5.74) is 0.250. The second-order valence-corrected chi connectivity index (χ2v) is 5.39. The number of nitrogens with zero attached hydrogens (tertiary/aromatic N) is 1. The Balaban J connectivity index is 1.53. The van der Waals surface area contributed by atoms with Crippen LogP contribution in [0.1, 0.15) is 38.5 Å². The molecule has 2 aliphatic rings. The van der Waals surface area contributed by atoms with Crippen LogP contribution in [0.15, 0.2) is 0 Å². The molecule has 1 aliphatic carbocycles. The average Bonchev–Trinajstić information content (AvgIpc) is 3.07. The Kier molecular flexibility index (Phi) is 4.20. The van der Waals surface area contributed by atoms with E-state index in [4.69, 9.17) is 10.00 Å². The summed E-state index contributed by atoms with van der Waals surface area (Å²) in [6.07, 6.45) is 6.88. The van der Waals surface area contributed by atoms with Crippen molar-refractivity contribution in [3.8, 4) is 6.07 Å². The zero-order valence-electron chi connectivity index (χ0n) is 10.0. The molecule has 16 heavy (non-hydrogen) atoms. The quantitative estimate of drug-likeness (QED) is 0.700. The fraction of sp³-hybridized carbons (Fsp3) is 0.923. The molecular formula is C13H22N2O. The van der Waals surface area contributed by atoms with Gasteiger partial charge in [-0.3, -0.25) is 0 Å². The maximum absolute atomic E-state index is 8.69. The first-order valence-corrected chi connectivity index (χ1v) is 6.50. The Morgan fingerprint density at radius 1 is 1.44 bits per heavy atom. The number of ether oxygens (including phenoxy) is 1. The van der Waals surface area contributed by atoms with E-state index in [0.29, 0.717) is 6.42 Å². The van der Waals surface area contributed by atoms with Crippen molar-refractivity contribution in [3.63, 3.8) is 0 Å². The van der Waals surface area contributed by atoms with Crippen LogP contribution >= 0.6 is 0 Å². The largest absolute Gasteiger partial charge is 0.381 e. The molecule has 2 fully saturated rings. The van der Waals surface area contributed by atoms with Gasteiger partial charge >= 0.3 is 0 Å². The van der Waals surface area contributed by atoms with E-state index in [1.807, 2.05) is 0 Å². The third-order valence-corrected chi connectivity index (χ3v) is 3.89. The van der Waals surface area contributed by atoms with E-state index in [1.165, 1.54) is 38.6 Å². The van der Waals surface area contributed by atoms with Crippen LogP contribution in [-0.4, -0.2) is 26.3 Å². The maximum atomic E-state index is 8.69. The van der Waals surface area contributed by atoms with Crippen molar-refractivity contribution in [3.05, 3.63) is 0 Å². The van der Waals surface area contributed by atoms with Gasteiger partial charge < -0.3 is 10.1 Å². The highest BCUT2D eigenvalue weighted by Crippen LogP contribution is 2.48. The monoisotopic (exact) mass is 222 g/mol. The number of piperidine rings is 1.